The summed E-state index contributed by atoms with van der Waals surface area (Å²) in [7, 11) is 0. The summed E-state index contributed by atoms with van der Waals surface area (Å²) in [5.74, 6) is -0.163. The minimum atomic E-state index is -0.304. The Balaban J connectivity index is 1.65. The van der Waals surface area contributed by atoms with Gasteiger partial charge >= 0.3 is 5.97 Å². The molecule has 1 atom stereocenters. The second kappa shape index (κ2) is 8.14. The van der Waals surface area contributed by atoms with Crippen molar-refractivity contribution in [2.24, 2.45) is 0 Å². The van der Waals surface area contributed by atoms with E-state index in [-0.39, 0.29) is 17.8 Å². The molecule has 0 N–H and O–H groups in total. The van der Waals surface area contributed by atoms with Gasteiger partial charge in [0, 0.05) is 0 Å². The molecule has 134 valence electrons. The van der Waals surface area contributed by atoms with E-state index >= 15 is 0 Å². The molecule has 0 fully saturated rings. The summed E-state index contributed by atoms with van der Waals surface area (Å²) in [6, 6.07) is 15.7. The third-order valence-electron chi connectivity index (χ3n) is 3.93. The maximum atomic E-state index is 12.2. The number of tetrazole rings is 1. The first-order valence-corrected chi connectivity index (χ1v) is 9.26. The van der Waals surface area contributed by atoms with Crippen LogP contribution in [0.5, 0.6) is 0 Å². The minimum absolute atomic E-state index is 0.141. The Kier molecular flexibility index (Phi) is 5.68. The van der Waals surface area contributed by atoms with E-state index in [1.54, 1.807) is 4.68 Å². The van der Waals surface area contributed by atoms with Gasteiger partial charge < -0.3 is 4.74 Å². The van der Waals surface area contributed by atoms with E-state index in [1.165, 1.54) is 11.8 Å². The van der Waals surface area contributed by atoms with Crippen LogP contribution in [0.25, 0.3) is 5.69 Å². The first kappa shape index (κ1) is 18.1. The van der Waals surface area contributed by atoms with E-state index in [0.29, 0.717) is 5.16 Å². The molecule has 0 spiro atoms. The van der Waals surface area contributed by atoms with Gasteiger partial charge in [-0.3, -0.25) is 4.79 Å². The summed E-state index contributed by atoms with van der Waals surface area (Å²) in [6.45, 7) is 5.88. The number of benzene rings is 2. The highest BCUT2D eigenvalue weighted by Crippen LogP contribution is 2.23. The molecule has 0 radical (unpaired) electrons. The molecule has 1 heterocycles. The van der Waals surface area contributed by atoms with Crippen LogP contribution in [-0.2, 0) is 9.53 Å². The lowest BCUT2D eigenvalue weighted by atomic mass is 10.1. The van der Waals surface area contributed by atoms with Gasteiger partial charge in [-0.1, -0.05) is 54.2 Å². The van der Waals surface area contributed by atoms with Crippen molar-refractivity contribution in [2.75, 3.05) is 5.75 Å². The zero-order valence-corrected chi connectivity index (χ0v) is 15.7. The predicted molar refractivity (Wildman–Crippen MR) is 100 cm³/mol. The quantitative estimate of drug-likeness (QED) is 0.488. The van der Waals surface area contributed by atoms with Crippen molar-refractivity contribution in [3.63, 3.8) is 0 Å². The average Bonchev–Trinajstić information content (AvgIpc) is 3.11. The summed E-state index contributed by atoms with van der Waals surface area (Å²) in [5.41, 5.74) is 4.05. The van der Waals surface area contributed by atoms with Crippen molar-refractivity contribution >= 4 is 17.7 Å². The van der Waals surface area contributed by atoms with Crippen molar-refractivity contribution in [3.05, 3.63) is 65.2 Å². The molecule has 3 rings (SSSR count). The fourth-order valence-corrected chi connectivity index (χ4v) is 3.18. The third kappa shape index (κ3) is 4.29. The number of esters is 1. The average molecular weight is 368 g/mol. The largest absolute Gasteiger partial charge is 0.457 e. The molecule has 0 amide bonds. The standard InChI is InChI=1S/C19H20N4O2S/c1-13-9-10-14(2)17(11-13)23-19(20-21-22-23)26-12-18(24)25-15(3)16-7-5-4-6-8-16/h4-11,15H,12H2,1-3H3/t15-/m0/s1. The van der Waals surface area contributed by atoms with Crippen LogP contribution in [0.3, 0.4) is 0 Å². The van der Waals surface area contributed by atoms with Gasteiger partial charge in [0.25, 0.3) is 0 Å². The number of aromatic nitrogens is 4. The van der Waals surface area contributed by atoms with Crippen LogP contribution >= 0.6 is 11.8 Å². The molecule has 0 aliphatic carbocycles. The second-order valence-corrected chi connectivity index (χ2v) is 6.94. The van der Waals surface area contributed by atoms with Crippen molar-refractivity contribution in [1.82, 2.24) is 20.2 Å². The monoisotopic (exact) mass is 368 g/mol. The predicted octanol–water partition coefficient (Wildman–Crippen LogP) is 3.68. The van der Waals surface area contributed by atoms with E-state index in [2.05, 4.69) is 15.5 Å². The highest BCUT2D eigenvalue weighted by molar-refractivity contribution is 7.99. The Hall–Kier alpha value is -2.67. The van der Waals surface area contributed by atoms with Gasteiger partial charge in [-0.15, -0.1) is 5.10 Å². The Labute approximate surface area is 156 Å². The van der Waals surface area contributed by atoms with Crippen LogP contribution < -0.4 is 0 Å². The highest BCUT2D eigenvalue weighted by Gasteiger charge is 2.16. The molecule has 26 heavy (non-hydrogen) atoms. The maximum Gasteiger partial charge on any atom is 0.316 e. The van der Waals surface area contributed by atoms with Gasteiger partial charge in [0.2, 0.25) is 5.16 Å². The Morgan fingerprint density at radius 1 is 1.19 bits per heavy atom. The molecule has 0 aliphatic rings. The summed E-state index contributed by atoms with van der Waals surface area (Å²) in [5, 5.41) is 12.4. The zero-order chi connectivity index (χ0) is 18.5. The van der Waals surface area contributed by atoms with Gasteiger partial charge in [0.15, 0.2) is 0 Å². The topological polar surface area (TPSA) is 69.9 Å². The molecule has 1 aromatic heterocycles. The number of hydrogen-bond donors (Lipinski definition) is 0. The Morgan fingerprint density at radius 2 is 1.96 bits per heavy atom. The molecular formula is C19H20N4O2S. The number of carbonyl (C=O) groups is 1. The summed E-state index contributed by atoms with van der Waals surface area (Å²) >= 11 is 1.26. The van der Waals surface area contributed by atoms with Crippen LogP contribution in [0, 0.1) is 13.8 Å². The van der Waals surface area contributed by atoms with Crippen LogP contribution in [0.2, 0.25) is 0 Å². The molecule has 7 heteroatoms. The van der Waals surface area contributed by atoms with E-state index in [4.69, 9.17) is 4.74 Å². The first-order valence-electron chi connectivity index (χ1n) is 8.28. The summed E-state index contributed by atoms with van der Waals surface area (Å²) in [4.78, 5) is 12.2. The third-order valence-corrected chi connectivity index (χ3v) is 4.82. The molecule has 3 aromatic rings. The van der Waals surface area contributed by atoms with Gasteiger partial charge in [-0.05, 0) is 54.0 Å². The highest BCUT2D eigenvalue weighted by atomic mass is 32.2. The number of thioether (sulfide) groups is 1. The Bertz CT molecular complexity index is 896. The van der Waals surface area contributed by atoms with Crippen molar-refractivity contribution in [2.45, 2.75) is 32.0 Å². The Morgan fingerprint density at radius 3 is 2.73 bits per heavy atom. The number of rotatable bonds is 6. The van der Waals surface area contributed by atoms with Gasteiger partial charge in [0.1, 0.15) is 6.10 Å². The van der Waals surface area contributed by atoms with E-state index in [1.807, 2.05) is 69.3 Å². The number of nitrogens with zero attached hydrogens (tertiary/aromatic N) is 4. The van der Waals surface area contributed by atoms with Crippen molar-refractivity contribution in [3.8, 4) is 5.69 Å². The van der Waals surface area contributed by atoms with Crippen LogP contribution in [0.4, 0.5) is 0 Å². The number of aryl methyl sites for hydroxylation is 2. The number of hydrogen-bond acceptors (Lipinski definition) is 6. The van der Waals surface area contributed by atoms with Crippen molar-refractivity contribution in [1.29, 1.82) is 0 Å². The van der Waals surface area contributed by atoms with Gasteiger partial charge in [-0.2, -0.15) is 4.68 Å². The zero-order valence-electron chi connectivity index (χ0n) is 14.9. The fraction of sp³-hybridized carbons (Fsp3) is 0.263. The van der Waals surface area contributed by atoms with E-state index in [0.717, 1.165) is 22.4 Å². The van der Waals surface area contributed by atoms with Crippen LogP contribution in [-0.4, -0.2) is 31.9 Å². The first-order chi connectivity index (χ1) is 12.5. The lowest BCUT2D eigenvalue weighted by Crippen LogP contribution is -2.12. The molecule has 0 saturated carbocycles. The molecule has 2 aromatic carbocycles. The normalized spacial score (nSPS) is 12.0. The van der Waals surface area contributed by atoms with Gasteiger partial charge in [-0.25, -0.2) is 0 Å². The minimum Gasteiger partial charge on any atom is -0.457 e. The summed E-state index contributed by atoms with van der Waals surface area (Å²) < 4.78 is 7.14. The fourth-order valence-electron chi connectivity index (χ4n) is 2.51. The van der Waals surface area contributed by atoms with E-state index in [9.17, 15) is 4.79 Å². The molecule has 0 aliphatic heterocycles. The number of ether oxygens (including phenoxy) is 1. The number of carbonyl (C=O) groups excluding carboxylic acids is 1. The van der Waals surface area contributed by atoms with Crippen molar-refractivity contribution < 1.29 is 9.53 Å². The molecule has 6 nitrogen and oxygen atoms in total. The maximum absolute atomic E-state index is 12.2. The molecule has 0 bridgehead atoms. The molecule has 0 saturated heterocycles. The van der Waals surface area contributed by atoms with Gasteiger partial charge in [0.05, 0.1) is 11.4 Å². The SMILES string of the molecule is Cc1ccc(C)c(-n2nnnc2SCC(=O)O[C@@H](C)c2ccccc2)c1. The molecular weight excluding hydrogens is 348 g/mol. The van der Waals surface area contributed by atoms with Crippen LogP contribution in [0.1, 0.15) is 29.7 Å². The molecule has 0 unspecified atom stereocenters. The smallest absolute Gasteiger partial charge is 0.316 e. The lowest BCUT2D eigenvalue weighted by Gasteiger charge is -2.13. The summed E-state index contributed by atoms with van der Waals surface area (Å²) in [6.07, 6.45) is -0.292. The second-order valence-electron chi connectivity index (χ2n) is 5.99. The van der Waals surface area contributed by atoms with E-state index < -0.39 is 0 Å². The van der Waals surface area contributed by atoms with Crippen LogP contribution in [0.15, 0.2) is 53.7 Å². The lowest BCUT2D eigenvalue weighted by molar-refractivity contribution is -0.145.